The number of fused-ring (bicyclic) bond motifs is 1. The highest BCUT2D eigenvalue weighted by Crippen LogP contribution is 2.31. The van der Waals surface area contributed by atoms with Gasteiger partial charge in [-0.05, 0) is 31.5 Å². The SMILES string of the molecule is CCCc1nn(C)c2c(=O)[nH]c(-c3cc(S(=O)(=O)NCC[N+](C)(C)[O-])ccc3OCC)nc12. The van der Waals surface area contributed by atoms with Crippen molar-refractivity contribution in [2.45, 2.75) is 31.6 Å². The molecule has 12 heteroatoms. The van der Waals surface area contributed by atoms with E-state index in [1.54, 1.807) is 14.0 Å². The zero-order valence-electron chi connectivity index (χ0n) is 19.5. The summed E-state index contributed by atoms with van der Waals surface area (Å²) < 4.78 is 34.7. The van der Waals surface area contributed by atoms with E-state index in [9.17, 15) is 18.4 Å². The molecule has 0 aliphatic heterocycles. The fourth-order valence-electron chi connectivity index (χ4n) is 3.45. The maximum Gasteiger partial charge on any atom is 0.277 e. The molecule has 1 aromatic carbocycles. The first-order valence-electron chi connectivity index (χ1n) is 10.7. The summed E-state index contributed by atoms with van der Waals surface area (Å²) in [6.07, 6.45) is 1.48. The number of hydroxylamine groups is 3. The second-order valence-corrected chi connectivity index (χ2v) is 9.99. The lowest BCUT2D eigenvalue weighted by atomic mass is 10.1. The normalized spacial score (nSPS) is 12.4. The van der Waals surface area contributed by atoms with Crippen molar-refractivity contribution in [2.24, 2.45) is 7.05 Å². The average molecular weight is 479 g/mol. The number of aromatic nitrogens is 4. The Morgan fingerprint density at radius 2 is 2.00 bits per heavy atom. The van der Waals surface area contributed by atoms with E-state index < -0.39 is 14.7 Å². The van der Waals surface area contributed by atoms with E-state index in [4.69, 9.17) is 4.74 Å². The Balaban J connectivity index is 2.11. The van der Waals surface area contributed by atoms with Gasteiger partial charge in [-0.25, -0.2) is 18.1 Å². The fourth-order valence-corrected chi connectivity index (χ4v) is 4.50. The van der Waals surface area contributed by atoms with E-state index in [0.29, 0.717) is 41.1 Å². The van der Waals surface area contributed by atoms with E-state index in [-0.39, 0.29) is 29.4 Å². The van der Waals surface area contributed by atoms with Crippen LogP contribution in [0.5, 0.6) is 5.75 Å². The number of hydrogen-bond acceptors (Lipinski definition) is 7. The van der Waals surface area contributed by atoms with Gasteiger partial charge >= 0.3 is 0 Å². The summed E-state index contributed by atoms with van der Waals surface area (Å²) in [5.74, 6) is 0.577. The van der Waals surface area contributed by atoms with Gasteiger partial charge < -0.3 is 19.6 Å². The Labute approximate surface area is 192 Å². The first kappa shape index (κ1) is 24.8. The number of aryl methyl sites for hydroxylation is 2. The minimum absolute atomic E-state index is 0.0154. The number of benzene rings is 1. The number of sulfonamides is 1. The van der Waals surface area contributed by atoms with E-state index in [2.05, 4.69) is 19.8 Å². The molecule has 2 heterocycles. The zero-order valence-corrected chi connectivity index (χ0v) is 20.3. The van der Waals surface area contributed by atoms with Gasteiger partial charge in [0.2, 0.25) is 10.0 Å². The monoisotopic (exact) mass is 478 g/mol. The van der Waals surface area contributed by atoms with Crippen LogP contribution in [0.2, 0.25) is 0 Å². The molecular formula is C21H30N6O5S. The van der Waals surface area contributed by atoms with Gasteiger partial charge in [0.1, 0.15) is 17.1 Å². The molecule has 0 saturated heterocycles. The smallest absolute Gasteiger partial charge is 0.277 e. The molecule has 33 heavy (non-hydrogen) atoms. The minimum Gasteiger partial charge on any atom is -0.633 e. The molecule has 11 nitrogen and oxygen atoms in total. The number of aromatic amines is 1. The van der Waals surface area contributed by atoms with E-state index >= 15 is 0 Å². The first-order chi connectivity index (χ1) is 15.5. The second kappa shape index (κ2) is 9.59. The molecule has 0 saturated carbocycles. The molecule has 0 aliphatic rings. The highest BCUT2D eigenvalue weighted by Gasteiger charge is 2.21. The maximum absolute atomic E-state index is 12.8. The molecule has 0 fully saturated rings. The third-order valence-corrected chi connectivity index (χ3v) is 6.47. The van der Waals surface area contributed by atoms with Crippen molar-refractivity contribution in [1.29, 1.82) is 0 Å². The summed E-state index contributed by atoms with van der Waals surface area (Å²) in [5, 5.41) is 16.1. The Morgan fingerprint density at radius 1 is 1.27 bits per heavy atom. The summed E-state index contributed by atoms with van der Waals surface area (Å²) in [5.41, 5.74) is 1.48. The van der Waals surface area contributed by atoms with Gasteiger partial charge in [-0.1, -0.05) is 13.3 Å². The molecule has 0 amide bonds. The molecule has 3 rings (SSSR count). The minimum atomic E-state index is -3.90. The van der Waals surface area contributed by atoms with Crippen LogP contribution >= 0.6 is 0 Å². The van der Waals surface area contributed by atoms with Crippen LogP contribution in [-0.2, 0) is 23.5 Å². The Morgan fingerprint density at radius 3 is 2.64 bits per heavy atom. The third kappa shape index (κ3) is 5.58. The molecule has 180 valence electrons. The largest absolute Gasteiger partial charge is 0.633 e. The van der Waals surface area contributed by atoms with Crippen LogP contribution in [-0.4, -0.2) is 66.6 Å². The molecule has 2 N–H and O–H groups in total. The van der Waals surface area contributed by atoms with Crippen LogP contribution in [0.25, 0.3) is 22.4 Å². The summed E-state index contributed by atoms with van der Waals surface area (Å²) in [6, 6.07) is 4.35. The summed E-state index contributed by atoms with van der Waals surface area (Å²) >= 11 is 0. The predicted octanol–water partition coefficient (Wildman–Crippen LogP) is 1.53. The maximum atomic E-state index is 12.8. The average Bonchev–Trinajstić information content (AvgIpc) is 3.03. The lowest BCUT2D eigenvalue weighted by molar-refractivity contribution is -0.838. The van der Waals surface area contributed by atoms with Crippen LogP contribution in [0.1, 0.15) is 26.0 Å². The van der Waals surface area contributed by atoms with Crippen LogP contribution in [0.15, 0.2) is 27.9 Å². The summed E-state index contributed by atoms with van der Waals surface area (Å²) in [7, 11) is 0.658. The van der Waals surface area contributed by atoms with Crippen molar-refractivity contribution in [3.63, 3.8) is 0 Å². The molecule has 0 spiro atoms. The van der Waals surface area contributed by atoms with Crippen molar-refractivity contribution in [3.05, 3.63) is 39.5 Å². The fraction of sp³-hybridized carbons (Fsp3) is 0.476. The topological polar surface area (TPSA) is 142 Å². The van der Waals surface area contributed by atoms with Crippen molar-refractivity contribution >= 4 is 21.1 Å². The zero-order chi connectivity index (χ0) is 24.4. The van der Waals surface area contributed by atoms with Gasteiger partial charge in [-0.15, -0.1) is 0 Å². The van der Waals surface area contributed by atoms with Crippen LogP contribution in [0.3, 0.4) is 0 Å². The van der Waals surface area contributed by atoms with Crippen LogP contribution in [0, 0.1) is 5.21 Å². The van der Waals surface area contributed by atoms with Crippen LogP contribution < -0.4 is 15.0 Å². The second-order valence-electron chi connectivity index (χ2n) is 8.22. The lowest BCUT2D eigenvalue weighted by Crippen LogP contribution is -2.40. The van der Waals surface area contributed by atoms with Crippen LogP contribution in [0.4, 0.5) is 0 Å². The van der Waals surface area contributed by atoms with Gasteiger partial charge in [0.15, 0.2) is 5.52 Å². The lowest BCUT2D eigenvalue weighted by Gasteiger charge is -2.33. The molecular weight excluding hydrogens is 448 g/mol. The van der Waals surface area contributed by atoms with Crippen molar-refractivity contribution in [3.8, 4) is 17.1 Å². The van der Waals surface area contributed by atoms with Gasteiger partial charge in [0, 0.05) is 7.05 Å². The Bertz CT molecular complexity index is 1310. The van der Waals surface area contributed by atoms with Gasteiger partial charge in [0.05, 0.1) is 49.9 Å². The molecule has 3 aromatic rings. The van der Waals surface area contributed by atoms with Crippen molar-refractivity contribution in [2.75, 3.05) is 33.8 Å². The predicted molar refractivity (Wildman–Crippen MR) is 125 cm³/mol. The molecule has 2 aromatic heterocycles. The van der Waals surface area contributed by atoms with Gasteiger partial charge in [-0.2, -0.15) is 5.10 Å². The standard InChI is InChI=1S/C21H30N6O5S/c1-6-8-16-18-19(26(3)25-16)21(28)24-20(23-18)15-13-14(9-10-17(15)32-7-2)33(30,31)22-11-12-27(4,5)29/h9-10,13,22H,6-8,11-12H2,1-5H3,(H,23,24,28). The number of nitrogens with one attached hydrogen (secondary N) is 2. The number of likely N-dealkylation sites (N-methyl/N-ethyl adjacent to an activating group) is 1. The number of quaternary nitrogens is 1. The number of nitrogens with zero attached hydrogens (tertiary/aromatic N) is 4. The molecule has 0 radical (unpaired) electrons. The quantitative estimate of drug-likeness (QED) is 0.332. The van der Waals surface area contributed by atoms with E-state index in [0.717, 1.165) is 6.42 Å². The highest BCUT2D eigenvalue weighted by molar-refractivity contribution is 7.89. The third-order valence-electron chi connectivity index (χ3n) is 5.01. The summed E-state index contributed by atoms with van der Waals surface area (Å²) in [4.78, 5) is 20.2. The molecule has 0 aliphatic carbocycles. The van der Waals surface area contributed by atoms with Gasteiger partial charge in [-0.3, -0.25) is 9.48 Å². The summed E-state index contributed by atoms with van der Waals surface area (Å²) in [6.45, 7) is 4.22. The Hall–Kier alpha value is -2.80. The molecule has 0 unspecified atom stereocenters. The highest BCUT2D eigenvalue weighted by atomic mass is 32.2. The number of rotatable bonds is 10. The molecule has 0 bridgehead atoms. The molecule has 0 atom stereocenters. The number of H-pyrrole nitrogens is 1. The van der Waals surface area contributed by atoms with Gasteiger partial charge in [0.25, 0.3) is 5.56 Å². The Kier molecular flexibility index (Phi) is 7.22. The van der Waals surface area contributed by atoms with Crippen molar-refractivity contribution in [1.82, 2.24) is 24.5 Å². The van der Waals surface area contributed by atoms with E-state index in [1.165, 1.54) is 37.0 Å². The van der Waals surface area contributed by atoms with Crippen molar-refractivity contribution < 1.29 is 17.8 Å². The number of ether oxygens (including phenoxy) is 1. The first-order valence-corrected chi connectivity index (χ1v) is 12.2. The number of hydrogen-bond donors (Lipinski definition) is 2. The van der Waals surface area contributed by atoms with E-state index in [1.807, 2.05) is 6.92 Å².